The molecule has 0 aliphatic carbocycles. The number of aliphatic imine (C=N–C) groups is 1. The van der Waals surface area contributed by atoms with E-state index in [-0.39, 0.29) is 5.57 Å². The highest BCUT2D eigenvalue weighted by Crippen LogP contribution is 2.12. The minimum Gasteiger partial charge on any atom is -0.389 e. The van der Waals surface area contributed by atoms with Crippen molar-refractivity contribution in [3.63, 3.8) is 0 Å². The normalized spacial score (nSPS) is 26.3. The van der Waals surface area contributed by atoms with Crippen molar-refractivity contribution in [2.75, 3.05) is 0 Å². The highest BCUT2D eigenvalue weighted by Gasteiger charge is 2.27. The molecule has 0 bridgehead atoms. The Kier molecular flexibility index (Phi) is 2.40. The molecule has 2 N–H and O–H groups in total. The van der Waals surface area contributed by atoms with Gasteiger partial charge in [-0.05, 0) is 13.8 Å². The van der Waals surface area contributed by atoms with E-state index in [2.05, 4.69) is 4.99 Å². The van der Waals surface area contributed by atoms with Crippen LogP contribution in [0.3, 0.4) is 0 Å². The Morgan fingerprint density at radius 2 is 2.25 bits per heavy atom. The molecule has 1 rings (SSSR count). The molecule has 1 aliphatic rings. The first kappa shape index (κ1) is 9.09. The molecular formula is C8H11NO3. The lowest BCUT2D eigenvalue weighted by atomic mass is 9.98. The molecule has 4 nitrogen and oxygen atoms in total. The molecular weight excluding hydrogens is 158 g/mol. The number of hydrogen-bond donors (Lipinski definition) is 2. The fourth-order valence-corrected chi connectivity index (χ4v) is 0.967. The lowest BCUT2D eigenvalue weighted by molar-refractivity contribution is -0.121. The van der Waals surface area contributed by atoms with Crippen molar-refractivity contribution in [2.24, 2.45) is 4.99 Å². The predicted molar refractivity (Wildman–Crippen MR) is 43.9 cm³/mol. The maximum Gasteiger partial charge on any atom is 0.197 e. The van der Waals surface area contributed by atoms with Gasteiger partial charge in [-0.3, -0.25) is 9.79 Å². The molecule has 0 saturated carbocycles. The summed E-state index contributed by atoms with van der Waals surface area (Å²) in [7, 11) is 0. The highest BCUT2D eigenvalue weighted by molar-refractivity contribution is 6.16. The monoisotopic (exact) mass is 169 g/mol. The van der Waals surface area contributed by atoms with Gasteiger partial charge in [0.15, 0.2) is 11.9 Å². The van der Waals surface area contributed by atoms with Crippen LogP contribution in [0, 0.1) is 0 Å². The Labute approximate surface area is 70.2 Å². The van der Waals surface area contributed by atoms with Crippen molar-refractivity contribution < 1.29 is 15.0 Å². The number of nitrogens with zero attached hydrogens (tertiary/aromatic N) is 1. The van der Waals surface area contributed by atoms with E-state index >= 15 is 0 Å². The van der Waals surface area contributed by atoms with Gasteiger partial charge in [0.1, 0.15) is 0 Å². The number of aliphatic hydroxyl groups excluding tert-OH is 2. The van der Waals surface area contributed by atoms with Gasteiger partial charge in [-0.25, -0.2) is 0 Å². The van der Waals surface area contributed by atoms with Crippen LogP contribution >= 0.6 is 0 Å². The molecule has 0 radical (unpaired) electrons. The van der Waals surface area contributed by atoms with E-state index in [1.165, 1.54) is 13.1 Å². The van der Waals surface area contributed by atoms with E-state index in [0.29, 0.717) is 5.71 Å². The Morgan fingerprint density at radius 3 is 2.75 bits per heavy atom. The zero-order chi connectivity index (χ0) is 9.30. The van der Waals surface area contributed by atoms with Gasteiger partial charge in [0, 0.05) is 11.8 Å². The molecule has 0 aromatic heterocycles. The molecule has 1 heterocycles. The van der Waals surface area contributed by atoms with Crippen molar-refractivity contribution in [1.82, 2.24) is 0 Å². The quantitative estimate of drug-likeness (QED) is 0.564. The lowest BCUT2D eigenvalue weighted by Crippen LogP contribution is -2.34. The van der Waals surface area contributed by atoms with E-state index < -0.39 is 18.0 Å². The second kappa shape index (κ2) is 3.16. The topological polar surface area (TPSA) is 69.9 Å². The predicted octanol–water partition coefficient (Wildman–Crippen LogP) is -0.344. The number of aliphatic hydroxyl groups is 2. The van der Waals surface area contributed by atoms with Crippen LogP contribution in [0.4, 0.5) is 0 Å². The summed E-state index contributed by atoms with van der Waals surface area (Å²) < 4.78 is 0. The number of hydrogen-bond acceptors (Lipinski definition) is 4. The summed E-state index contributed by atoms with van der Waals surface area (Å²) in [5.74, 6) is -0.461. The zero-order valence-electron chi connectivity index (χ0n) is 6.98. The summed E-state index contributed by atoms with van der Waals surface area (Å²) in [6.07, 6.45) is -0.752. The first-order chi connectivity index (χ1) is 5.54. The number of ketones is 1. The largest absolute Gasteiger partial charge is 0.389 e. The Balaban J connectivity index is 2.98. The van der Waals surface area contributed by atoms with Crippen molar-refractivity contribution in [3.8, 4) is 0 Å². The number of carbonyl (C=O) groups is 1. The smallest absolute Gasteiger partial charge is 0.197 e. The second-order valence-corrected chi connectivity index (χ2v) is 2.80. The first-order valence-electron chi connectivity index (χ1n) is 3.68. The van der Waals surface area contributed by atoms with Crippen LogP contribution in [-0.2, 0) is 4.79 Å². The lowest BCUT2D eigenvalue weighted by Gasteiger charge is -2.17. The molecule has 1 aliphatic heterocycles. The molecule has 0 fully saturated rings. The summed E-state index contributed by atoms with van der Waals surface area (Å²) in [5, 5.41) is 18.3. The average Bonchev–Trinajstić information content (AvgIpc) is 2.00. The average molecular weight is 169 g/mol. The number of Topliss-reactive ketones (excluding diaryl/α,β-unsaturated/α-hetero) is 1. The van der Waals surface area contributed by atoms with E-state index in [1.54, 1.807) is 6.92 Å². The summed E-state index contributed by atoms with van der Waals surface area (Å²) in [6.45, 7) is 3.03. The standard InChI is InChI=1S/C8H11NO3/c1-4-7(11)8(12)6(3-9-4)5(2)10/h3,5,7,10-11H,1-2H3. The molecule has 0 spiro atoms. The van der Waals surface area contributed by atoms with Crippen LogP contribution in [0.5, 0.6) is 0 Å². The fraction of sp³-hybridized carbons (Fsp3) is 0.500. The summed E-state index contributed by atoms with van der Waals surface area (Å²) in [4.78, 5) is 15.0. The van der Waals surface area contributed by atoms with Crippen LogP contribution in [0.2, 0.25) is 0 Å². The van der Waals surface area contributed by atoms with Crippen molar-refractivity contribution >= 4 is 11.5 Å². The Bertz CT molecular complexity index is 265. The van der Waals surface area contributed by atoms with Gasteiger partial charge in [-0.2, -0.15) is 0 Å². The van der Waals surface area contributed by atoms with Gasteiger partial charge in [0.2, 0.25) is 0 Å². The van der Waals surface area contributed by atoms with Gasteiger partial charge in [0.05, 0.1) is 11.8 Å². The fourth-order valence-electron chi connectivity index (χ4n) is 0.967. The third kappa shape index (κ3) is 1.44. The molecule has 2 unspecified atom stereocenters. The van der Waals surface area contributed by atoms with Crippen LogP contribution < -0.4 is 0 Å². The third-order valence-electron chi connectivity index (χ3n) is 1.79. The number of rotatable bonds is 1. The molecule has 0 aromatic carbocycles. The molecule has 0 amide bonds. The van der Waals surface area contributed by atoms with Gasteiger partial charge >= 0.3 is 0 Å². The van der Waals surface area contributed by atoms with Gasteiger partial charge in [-0.15, -0.1) is 0 Å². The van der Waals surface area contributed by atoms with Crippen LogP contribution in [-0.4, -0.2) is 33.9 Å². The van der Waals surface area contributed by atoms with Crippen LogP contribution in [0.1, 0.15) is 13.8 Å². The molecule has 0 aromatic rings. The maximum atomic E-state index is 11.2. The second-order valence-electron chi connectivity index (χ2n) is 2.80. The third-order valence-corrected chi connectivity index (χ3v) is 1.79. The Hall–Kier alpha value is -1.00. The molecule has 66 valence electrons. The van der Waals surface area contributed by atoms with E-state index in [9.17, 15) is 9.90 Å². The van der Waals surface area contributed by atoms with Crippen LogP contribution in [0.15, 0.2) is 16.8 Å². The van der Waals surface area contributed by atoms with Gasteiger partial charge in [0.25, 0.3) is 0 Å². The van der Waals surface area contributed by atoms with Crippen LogP contribution in [0.25, 0.3) is 0 Å². The number of carbonyl (C=O) groups excluding carboxylic acids is 1. The van der Waals surface area contributed by atoms with Crippen molar-refractivity contribution in [2.45, 2.75) is 26.1 Å². The minimum atomic E-state index is -1.18. The van der Waals surface area contributed by atoms with E-state index in [4.69, 9.17) is 5.11 Å². The van der Waals surface area contributed by atoms with E-state index in [1.807, 2.05) is 0 Å². The van der Waals surface area contributed by atoms with Crippen molar-refractivity contribution in [3.05, 3.63) is 11.8 Å². The molecule has 4 heteroatoms. The summed E-state index contributed by atoms with van der Waals surface area (Å²) in [6, 6.07) is 0. The molecule has 2 atom stereocenters. The first-order valence-corrected chi connectivity index (χ1v) is 3.68. The van der Waals surface area contributed by atoms with Gasteiger partial charge in [-0.1, -0.05) is 0 Å². The zero-order valence-corrected chi connectivity index (χ0v) is 6.98. The van der Waals surface area contributed by atoms with E-state index in [0.717, 1.165) is 0 Å². The highest BCUT2D eigenvalue weighted by atomic mass is 16.3. The summed E-state index contributed by atoms with van der Waals surface area (Å²) in [5.41, 5.74) is 0.525. The van der Waals surface area contributed by atoms with Gasteiger partial charge < -0.3 is 10.2 Å². The summed E-state index contributed by atoms with van der Waals surface area (Å²) >= 11 is 0. The minimum absolute atomic E-state index is 0.160. The SMILES string of the molecule is CC1=NC=C(C(C)O)C(=O)C1O. The Morgan fingerprint density at radius 1 is 1.67 bits per heavy atom. The maximum absolute atomic E-state index is 11.2. The molecule has 0 saturated heterocycles. The molecule has 12 heavy (non-hydrogen) atoms. The van der Waals surface area contributed by atoms with Crippen molar-refractivity contribution in [1.29, 1.82) is 0 Å².